The Morgan fingerprint density at radius 3 is 2.70 bits per heavy atom. The van der Waals surface area contributed by atoms with Crippen LogP contribution in [-0.4, -0.2) is 18.4 Å². The number of nitrogens with one attached hydrogen (secondary N) is 1. The van der Waals surface area contributed by atoms with Crippen molar-refractivity contribution in [2.75, 3.05) is 11.9 Å². The van der Waals surface area contributed by atoms with Crippen LogP contribution in [0, 0.1) is 12.7 Å². The quantitative estimate of drug-likeness (QED) is 0.880. The Hall–Kier alpha value is -2.60. The predicted molar refractivity (Wildman–Crippen MR) is 85.2 cm³/mol. The Morgan fingerprint density at radius 2 is 2.04 bits per heavy atom. The fourth-order valence-electron chi connectivity index (χ4n) is 2.00. The van der Waals surface area contributed by atoms with Gasteiger partial charge in [0.25, 0.3) is 11.8 Å². The molecule has 0 saturated carbocycles. The lowest BCUT2D eigenvalue weighted by atomic mass is 10.1. The van der Waals surface area contributed by atoms with E-state index in [-0.39, 0.29) is 22.9 Å². The largest absolute Gasteiger partial charge is 0.484 e. The zero-order valence-electron chi connectivity index (χ0n) is 12.2. The number of anilines is 1. The number of carbonyl (C=O) groups excluding carboxylic acids is 2. The first-order valence-corrected chi connectivity index (χ1v) is 7.03. The molecule has 5 nitrogen and oxygen atoms in total. The minimum atomic E-state index is -0.635. The average molecular weight is 337 g/mol. The summed E-state index contributed by atoms with van der Waals surface area (Å²) in [6, 6.07) is 8.74. The van der Waals surface area contributed by atoms with Gasteiger partial charge in [-0.05, 0) is 30.7 Å². The first-order chi connectivity index (χ1) is 10.9. The first kappa shape index (κ1) is 16.8. The minimum absolute atomic E-state index is 0.0994. The molecule has 0 aromatic heterocycles. The van der Waals surface area contributed by atoms with E-state index in [1.807, 2.05) is 0 Å². The number of ether oxygens (including phenoxy) is 1. The molecule has 7 heteroatoms. The van der Waals surface area contributed by atoms with Gasteiger partial charge in [-0.1, -0.05) is 23.7 Å². The number of benzene rings is 2. The second-order valence-corrected chi connectivity index (χ2v) is 5.18. The van der Waals surface area contributed by atoms with Crippen LogP contribution in [-0.2, 0) is 4.79 Å². The average Bonchev–Trinajstić information content (AvgIpc) is 2.48. The van der Waals surface area contributed by atoms with Crippen molar-refractivity contribution in [2.45, 2.75) is 6.92 Å². The molecule has 2 rings (SSSR count). The number of hydrogen-bond donors (Lipinski definition) is 2. The van der Waals surface area contributed by atoms with Crippen molar-refractivity contribution in [2.24, 2.45) is 5.73 Å². The van der Waals surface area contributed by atoms with E-state index in [0.29, 0.717) is 11.3 Å². The maximum atomic E-state index is 13.0. The van der Waals surface area contributed by atoms with E-state index < -0.39 is 17.6 Å². The van der Waals surface area contributed by atoms with Crippen molar-refractivity contribution in [3.05, 3.63) is 58.4 Å². The van der Waals surface area contributed by atoms with Crippen LogP contribution in [0.2, 0.25) is 5.02 Å². The minimum Gasteiger partial charge on any atom is -0.484 e. The third kappa shape index (κ3) is 4.20. The van der Waals surface area contributed by atoms with E-state index in [1.54, 1.807) is 25.1 Å². The Kier molecular flexibility index (Phi) is 5.18. The van der Waals surface area contributed by atoms with Crippen LogP contribution < -0.4 is 15.8 Å². The molecular formula is C16H14ClFN2O3. The smallest absolute Gasteiger partial charge is 0.262 e. The molecule has 2 aromatic carbocycles. The lowest BCUT2D eigenvalue weighted by molar-refractivity contribution is -0.118. The third-order valence-electron chi connectivity index (χ3n) is 3.05. The second-order valence-electron chi connectivity index (χ2n) is 4.77. The molecule has 0 saturated heterocycles. The van der Waals surface area contributed by atoms with Crippen LogP contribution >= 0.6 is 11.6 Å². The van der Waals surface area contributed by atoms with Gasteiger partial charge in [-0.3, -0.25) is 9.59 Å². The van der Waals surface area contributed by atoms with Crippen LogP contribution in [0.15, 0.2) is 36.4 Å². The Labute approximate surface area is 137 Å². The zero-order valence-corrected chi connectivity index (χ0v) is 13.0. The SMILES string of the molecule is Cc1cccc(NC(=O)COc2ccc(F)c(Cl)c2)c1C(N)=O. The van der Waals surface area contributed by atoms with Gasteiger partial charge in [0.1, 0.15) is 11.6 Å². The molecule has 3 N–H and O–H groups in total. The fourth-order valence-corrected chi connectivity index (χ4v) is 2.17. The summed E-state index contributed by atoms with van der Waals surface area (Å²) < 4.78 is 18.3. The molecule has 0 fully saturated rings. The highest BCUT2D eigenvalue weighted by Gasteiger charge is 2.13. The number of amides is 2. The van der Waals surface area contributed by atoms with Gasteiger partial charge in [-0.25, -0.2) is 4.39 Å². The zero-order chi connectivity index (χ0) is 17.0. The fraction of sp³-hybridized carbons (Fsp3) is 0.125. The van der Waals surface area contributed by atoms with Crippen molar-refractivity contribution < 1.29 is 18.7 Å². The summed E-state index contributed by atoms with van der Waals surface area (Å²) in [5.41, 5.74) is 6.52. The summed E-state index contributed by atoms with van der Waals surface area (Å²) in [7, 11) is 0. The summed E-state index contributed by atoms with van der Waals surface area (Å²) in [6.07, 6.45) is 0. The van der Waals surface area contributed by atoms with E-state index in [1.165, 1.54) is 12.1 Å². The summed E-state index contributed by atoms with van der Waals surface area (Å²) in [5, 5.41) is 2.46. The molecule has 0 aliphatic rings. The topological polar surface area (TPSA) is 81.4 Å². The molecule has 0 unspecified atom stereocenters. The lowest BCUT2D eigenvalue weighted by Gasteiger charge is -2.12. The van der Waals surface area contributed by atoms with Gasteiger partial charge in [0.15, 0.2) is 6.61 Å². The van der Waals surface area contributed by atoms with Gasteiger partial charge in [-0.15, -0.1) is 0 Å². The predicted octanol–water partition coefficient (Wildman–Crippen LogP) is 2.90. The molecule has 0 heterocycles. The Bertz CT molecular complexity index is 765. The van der Waals surface area contributed by atoms with Crippen LogP contribution in [0.5, 0.6) is 5.75 Å². The number of halogens is 2. The molecule has 0 atom stereocenters. The van der Waals surface area contributed by atoms with Gasteiger partial charge in [-0.2, -0.15) is 0 Å². The van der Waals surface area contributed by atoms with E-state index in [2.05, 4.69) is 5.32 Å². The van der Waals surface area contributed by atoms with Gasteiger partial charge in [0.2, 0.25) is 0 Å². The number of nitrogens with two attached hydrogens (primary N) is 1. The summed E-state index contributed by atoms with van der Waals surface area (Å²) in [5.74, 6) is -1.44. The summed E-state index contributed by atoms with van der Waals surface area (Å²) in [4.78, 5) is 23.4. The number of aryl methyl sites for hydroxylation is 1. The number of primary amides is 1. The maximum Gasteiger partial charge on any atom is 0.262 e. The van der Waals surface area contributed by atoms with Crippen molar-refractivity contribution in [1.82, 2.24) is 0 Å². The Balaban J connectivity index is 2.04. The first-order valence-electron chi connectivity index (χ1n) is 6.65. The van der Waals surface area contributed by atoms with Crippen molar-refractivity contribution in [3.63, 3.8) is 0 Å². The number of carbonyl (C=O) groups is 2. The van der Waals surface area contributed by atoms with E-state index >= 15 is 0 Å². The highest BCUT2D eigenvalue weighted by atomic mass is 35.5. The molecule has 0 bridgehead atoms. The van der Waals surface area contributed by atoms with Gasteiger partial charge < -0.3 is 15.8 Å². The molecule has 2 aromatic rings. The molecule has 0 spiro atoms. The standard InChI is InChI=1S/C16H14ClFN2O3/c1-9-3-2-4-13(15(9)16(19)22)20-14(21)8-23-10-5-6-12(18)11(17)7-10/h2-7H,8H2,1H3,(H2,19,22)(H,20,21). The van der Waals surface area contributed by atoms with Crippen LogP contribution in [0.25, 0.3) is 0 Å². The molecule has 23 heavy (non-hydrogen) atoms. The summed E-state index contributed by atoms with van der Waals surface area (Å²) >= 11 is 5.63. The second kappa shape index (κ2) is 7.11. The Morgan fingerprint density at radius 1 is 1.30 bits per heavy atom. The van der Waals surface area contributed by atoms with E-state index in [0.717, 1.165) is 6.07 Å². The highest BCUT2D eigenvalue weighted by molar-refractivity contribution is 6.30. The highest BCUT2D eigenvalue weighted by Crippen LogP contribution is 2.22. The van der Waals surface area contributed by atoms with Crippen molar-refractivity contribution in [3.8, 4) is 5.75 Å². The lowest BCUT2D eigenvalue weighted by Crippen LogP contribution is -2.23. The molecule has 0 aliphatic carbocycles. The maximum absolute atomic E-state index is 13.0. The van der Waals surface area contributed by atoms with Crippen LogP contribution in [0.4, 0.5) is 10.1 Å². The van der Waals surface area contributed by atoms with E-state index in [9.17, 15) is 14.0 Å². The van der Waals surface area contributed by atoms with Crippen molar-refractivity contribution in [1.29, 1.82) is 0 Å². The summed E-state index contributed by atoms with van der Waals surface area (Å²) in [6.45, 7) is 1.39. The number of rotatable bonds is 5. The van der Waals surface area contributed by atoms with Gasteiger partial charge in [0, 0.05) is 6.07 Å². The number of hydrogen-bond acceptors (Lipinski definition) is 3. The monoisotopic (exact) mass is 336 g/mol. The van der Waals surface area contributed by atoms with Crippen LogP contribution in [0.1, 0.15) is 15.9 Å². The van der Waals surface area contributed by atoms with Gasteiger partial charge in [0.05, 0.1) is 16.3 Å². The normalized spacial score (nSPS) is 10.2. The van der Waals surface area contributed by atoms with Crippen molar-refractivity contribution >= 4 is 29.1 Å². The molecule has 120 valence electrons. The molecular weight excluding hydrogens is 323 g/mol. The molecule has 0 radical (unpaired) electrons. The van der Waals surface area contributed by atoms with Gasteiger partial charge >= 0.3 is 0 Å². The third-order valence-corrected chi connectivity index (χ3v) is 3.34. The van der Waals surface area contributed by atoms with E-state index in [4.69, 9.17) is 22.1 Å². The van der Waals surface area contributed by atoms with Crippen LogP contribution in [0.3, 0.4) is 0 Å². The molecule has 2 amide bonds. The molecule has 0 aliphatic heterocycles.